The van der Waals surface area contributed by atoms with Gasteiger partial charge in [0, 0.05) is 17.2 Å². The molecule has 1 saturated carbocycles. The van der Waals surface area contributed by atoms with Gasteiger partial charge in [0.25, 0.3) is 11.4 Å². The largest absolute Gasteiger partial charge is 0.497 e. The van der Waals surface area contributed by atoms with Crippen LogP contribution in [-0.4, -0.2) is 26.8 Å². The van der Waals surface area contributed by atoms with E-state index in [0.29, 0.717) is 17.4 Å². The number of aromatic nitrogens is 4. The van der Waals surface area contributed by atoms with Gasteiger partial charge >= 0.3 is 0 Å². The molecule has 7 nitrogen and oxygen atoms in total. The molecule has 4 aromatic rings. The third-order valence-electron chi connectivity index (χ3n) is 5.76. The quantitative estimate of drug-likeness (QED) is 0.498. The average molecular weight is 402 g/mol. The molecule has 0 saturated heterocycles. The molecule has 30 heavy (non-hydrogen) atoms. The van der Waals surface area contributed by atoms with E-state index < -0.39 is 0 Å². The second kappa shape index (κ2) is 7.40. The molecule has 1 aliphatic carbocycles. The lowest BCUT2D eigenvalue weighted by molar-refractivity contribution is 0.414. The van der Waals surface area contributed by atoms with Crippen molar-refractivity contribution >= 4 is 11.0 Å². The Labute approximate surface area is 173 Å². The van der Waals surface area contributed by atoms with Gasteiger partial charge in [0.15, 0.2) is 0 Å². The molecule has 152 valence electrons. The molecule has 0 N–H and O–H groups in total. The average Bonchev–Trinajstić information content (AvgIpc) is 3.47. The molecular weight excluding hydrogens is 380 g/mol. The van der Waals surface area contributed by atoms with E-state index in [1.54, 1.807) is 14.0 Å². The smallest absolute Gasteiger partial charge is 0.272 e. The Hall–Kier alpha value is -3.48. The molecule has 1 fully saturated rings. The highest BCUT2D eigenvalue weighted by Crippen LogP contribution is 2.32. The fourth-order valence-electron chi connectivity index (χ4n) is 4.18. The predicted octanol–water partition coefficient (Wildman–Crippen LogP) is 4.55. The lowest BCUT2D eigenvalue weighted by atomic mass is 10.1. The zero-order chi connectivity index (χ0) is 20.7. The van der Waals surface area contributed by atoms with Crippen molar-refractivity contribution in [2.75, 3.05) is 7.11 Å². The van der Waals surface area contributed by atoms with Gasteiger partial charge in [-0.15, -0.1) is 0 Å². The number of nitrogens with zero attached hydrogens (tertiary/aromatic N) is 4. The summed E-state index contributed by atoms with van der Waals surface area (Å²) in [4.78, 5) is 21.9. The monoisotopic (exact) mass is 402 g/mol. The van der Waals surface area contributed by atoms with E-state index in [4.69, 9.17) is 9.26 Å². The highest BCUT2D eigenvalue weighted by molar-refractivity contribution is 5.80. The Kier molecular flexibility index (Phi) is 4.58. The van der Waals surface area contributed by atoms with Crippen molar-refractivity contribution in [2.24, 2.45) is 0 Å². The Morgan fingerprint density at radius 2 is 1.77 bits per heavy atom. The summed E-state index contributed by atoms with van der Waals surface area (Å²) in [6.45, 7) is 1.77. The van der Waals surface area contributed by atoms with Gasteiger partial charge in [0.05, 0.1) is 18.1 Å². The van der Waals surface area contributed by atoms with E-state index in [0.717, 1.165) is 53.6 Å². The number of benzene rings is 2. The molecule has 5 rings (SSSR count). The van der Waals surface area contributed by atoms with Crippen LogP contribution < -0.4 is 10.3 Å². The maximum absolute atomic E-state index is 12.8. The van der Waals surface area contributed by atoms with E-state index in [1.807, 2.05) is 47.0 Å². The van der Waals surface area contributed by atoms with Crippen LogP contribution in [0.5, 0.6) is 5.75 Å². The van der Waals surface area contributed by atoms with Gasteiger partial charge in [-0.3, -0.25) is 4.79 Å². The van der Waals surface area contributed by atoms with Crippen LogP contribution in [0, 0.1) is 6.92 Å². The number of fused-ring (bicyclic) bond motifs is 1. The summed E-state index contributed by atoms with van der Waals surface area (Å²) in [6, 6.07) is 13.5. The van der Waals surface area contributed by atoms with Crippen LogP contribution in [0.2, 0.25) is 0 Å². The lowest BCUT2D eigenvalue weighted by Crippen LogP contribution is -2.26. The van der Waals surface area contributed by atoms with Crippen molar-refractivity contribution < 1.29 is 9.26 Å². The van der Waals surface area contributed by atoms with E-state index in [9.17, 15) is 4.79 Å². The topological polar surface area (TPSA) is 83.0 Å². The Balaban J connectivity index is 1.55. The second-order valence-corrected chi connectivity index (χ2v) is 7.67. The molecule has 0 spiro atoms. The molecule has 2 aromatic carbocycles. The number of rotatable bonds is 4. The SMILES string of the molecule is COc1ccc(-c2nc(-c3ccc4c(c3)nc(C)c(=O)n4C3CCCC3)no2)cc1. The van der Waals surface area contributed by atoms with Gasteiger partial charge < -0.3 is 13.8 Å². The number of aryl methyl sites for hydroxylation is 1. The first-order chi connectivity index (χ1) is 14.6. The second-order valence-electron chi connectivity index (χ2n) is 7.67. The summed E-state index contributed by atoms with van der Waals surface area (Å²) in [5.41, 5.74) is 3.77. The molecule has 0 radical (unpaired) electrons. The fourth-order valence-corrected chi connectivity index (χ4v) is 4.18. The summed E-state index contributed by atoms with van der Waals surface area (Å²) < 4.78 is 12.6. The molecule has 0 bridgehead atoms. The van der Waals surface area contributed by atoms with Gasteiger partial charge in [-0.1, -0.05) is 18.0 Å². The molecule has 1 aliphatic rings. The lowest BCUT2D eigenvalue weighted by Gasteiger charge is -2.17. The standard InChI is InChI=1S/C23H22N4O3/c1-14-23(28)27(17-5-3-4-6-17)20-12-9-16(13-19(20)24-14)21-25-22(30-26-21)15-7-10-18(29-2)11-8-15/h7-13,17H,3-6H2,1-2H3. The Morgan fingerprint density at radius 1 is 1.03 bits per heavy atom. The zero-order valence-corrected chi connectivity index (χ0v) is 17.0. The third kappa shape index (κ3) is 3.16. The zero-order valence-electron chi connectivity index (χ0n) is 17.0. The molecule has 0 unspecified atom stereocenters. The minimum Gasteiger partial charge on any atom is -0.497 e. The molecule has 2 heterocycles. The van der Waals surface area contributed by atoms with Crippen LogP contribution in [0.3, 0.4) is 0 Å². The summed E-state index contributed by atoms with van der Waals surface area (Å²) in [5.74, 6) is 1.69. The van der Waals surface area contributed by atoms with Gasteiger partial charge in [0.1, 0.15) is 11.4 Å². The summed E-state index contributed by atoms with van der Waals surface area (Å²) in [5, 5.41) is 4.14. The number of ether oxygens (including phenoxy) is 1. The number of hydrogen-bond acceptors (Lipinski definition) is 6. The van der Waals surface area contributed by atoms with Crippen LogP contribution in [0.25, 0.3) is 33.9 Å². The molecular formula is C23H22N4O3. The van der Waals surface area contributed by atoms with Gasteiger partial charge in [-0.05, 0) is 62.2 Å². The van der Waals surface area contributed by atoms with Crippen LogP contribution in [-0.2, 0) is 0 Å². The molecule has 2 aromatic heterocycles. The van der Waals surface area contributed by atoms with Gasteiger partial charge in [-0.25, -0.2) is 4.98 Å². The van der Waals surface area contributed by atoms with E-state index in [-0.39, 0.29) is 11.6 Å². The first-order valence-corrected chi connectivity index (χ1v) is 10.2. The van der Waals surface area contributed by atoms with Crippen molar-refractivity contribution in [3.63, 3.8) is 0 Å². The first kappa shape index (κ1) is 18.5. The minimum atomic E-state index is 0.00324. The first-order valence-electron chi connectivity index (χ1n) is 10.2. The third-order valence-corrected chi connectivity index (χ3v) is 5.76. The van der Waals surface area contributed by atoms with Crippen molar-refractivity contribution in [3.8, 4) is 28.6 Å². The fraction of sp³-hybridized carbons (Fsp3) is 0.304. The van der Waals surface area contributed by atoms with Crippen molar-refractivity contribution in [1.29, 1.82) is 0 Å². The predicted molar refractivity (Wildman–Crippen MR) is 114 cm³/mol. The molecule has 7 heteroatoms. The molecule has 0 aliphatic heterocycles. The Morgan fingerprint density at radius 3 is 2.50 bits per heavy atom. The minimum absolute atomic E-state index is 0.00324. The van der Waals surface area contributed by atoms with E-state index in [2.05, 4.69) is 15.1 Å². The highest BCUT2D eigenvalue weighted by Gasteiger charge is 2.22. The summed E-state index contributed by atoms with van der Waals surface area (Å²) in [7, 11) is 1.63. The van der Waals surface area contributed by atoms with Crippen LogP contribution in [0.15, 0.2) is 51.8 Å². The van der Waals surface area contributed by atoms with E-state index in [1.165, 1.54) is 0 Å². The van der Waals surface area contributed by atoms with Crippen LogP contribution in [0.1, 0.15) is 37.4 Å². The summed E-state index contributed by atoms with van der Waals surface area (Å²) in [6.07, 6.45) is 4.40. The Bertz CT molecular complexity index is 1270. The van der Waals surface area contributed by atoms with Gasteiger partial charge in [-0.2, -0.15) is 4.98 Å². The summed E-state index contributed by atoms with van der Waals surface area (Å²) >= 11 is 0. The maximum Gasteiger partial charge on any atom is 0.272 e. The van der Waals surface area contributed by atoms with Crippen LogP contribution in [0.4, 0.5) is 0 Å². The van der Waals surface area contributed by atoms with Crippen LogP contribution >= 0.6 is 0 Å². The highest BCUT2D eigenvalue weighted by atomic mass is 16.5. The molecule has 0 atom stereocenters. The molecule has 0 amide bonds. The van der Waals surface area contributed by atoms with Crippen molar-refractivity contribution in [1.82, 2.24) is 19.7 Å². The number of methoxy groups -OCH3 is 1. The van der Waals surface area contributed by atoms with E-state index >= 15 is 0 Å². The maximum atomic E-state index is 12.8. The number of hydrogen-bond donors (Lipinski definition) is 0. The normalized spacial score (nSPS) is 14.5. The van der Waals surface area contributed by atoms with Crippen molar-refractivity contribution in [2.45, 2.75) is 38.6 Å². The van der Waals surface area contributed by atoms with Crippen molar-refractivity contribution in [3.05, 3.63) is 58.5 Å². The van der Waals surface area contributed by atoms with Gasteiger partial charge in [0.2, 0.25) is 5.82 Å².